The van der Waals surface area contributed by atoms with Gasteiger partial charge in [0.2, 0.25) is 0 Å². The molecule has 0 rings (SSSR count). The minimum Gasteiger partial charge on any atom is -0.0988 e. The average Bonchev–Trinajstić information content (AvgIpc) is 1.87. The molecule has 0 radical (unpaired) electrons. The second kappa shape index (κ2) is 9.63. The lowest BCUT2D eigenvalue weighted by atomic mass is 11.0. The Bertz CT molecular complexity index is 89.3. The molecule has 0 nitrogen and oxygen atoms in total. The minimum absolute atomic E-state index is 0.974. The Hall–Kier alpha value is 2.54. The van der Waals surface area contributed by atoms with E-state index in [9.17, 15) is 0 Å². The molecule has 0 aliphatic rings. The molecule has 8 heteroatoms. The van der Waals surface area contributed by atoms with E-state index in [0.717, 1.165) is 4.20 Å². The highest BCUT2D eigenvalue weighted by atomic mass is 33.9. The molecule has 0 saturated heterocycles. The van der Waals surface area contributed by atoms with Gasteiger partial charge in [-0.25, -0.2) is 0 Å². The normalized spacial score (nSPS) is 9.80. The van der Waals surface area contributed by atoms with Crippen LogP contribution >= 0.6 is 83.8 Å². The topological polar surface area (TPSA) is 0 Å². The molecule has 60 valence electrons. The highest BCUT2D eigenvalue weighted by Crippen LogP contribution is 2.53. The van der Waals surface area contributed by atoms with Crippen LogP contribution < -0.4 is 0 Å². The van der Waals surface area contributed by atoms with Gasteiger partial charge >= 0.3 is 0 Å². The Labute approximate surface area is 93.8 Å². The Balaban J connectivity index is 2.84. The fraction of sp³-hybridized carbons (Fsp3) is 0.500. The summed E-state index contributed by atoms with van der Waals surface area (Å²) in [6, 6.07) is 0. The van der Waals surface area contributed by atoms with Gasteiger partial charge in [0.05, 0.1) is 4.20 Å². The van der Waals surface area contributed by atoms with Gasteiger partial charge in [0.25, 0.3) is 0 Å². The highest BCUT2D eigenvalue weighted by molar-refractivity contribution is 9.45. The first-order valence-electron chi connectivity index (χ1n) is 1.92. The SMILES string of the molecule is CC(=S)SSSSSSS. The van der Waals surface area contributed by atoms with Crippen molar-refractivity contribution in [3.05, 3.63) is 0 Å². The number of thiocarbonyl (C=S) groups is 1. The van der Waals surface area contributed by atoms with E-state index in [-0.39, 0.29) is 0 Å². The smallest absolute Gasteiger partial charge is 0.0564 e. The first kappa shape index (κ1) is 12.5. The maximum absolute atomic E-state index is 4.87. The molecule has 10 heavy (non-hydrogen) atoms. The second-order valence-corrected chi connectivity index (χ2v) is 12.1. The predicted molar refractivity (Wildman–Crippen MR) is 72.8 cm³/mol. The van der Waals surface area contributed by atoms with Crippen molar-refractivity contribution in [3.63, 3.8) is 0 Å². The summed E-state index contributed by atoms with van der Waals surface area (Å²) in [6.45, 7) is 1.93. The molecule has 0 fully saturated rings. The van der Waals surface area contributed by atoms with Crippen molar-refractivity contribution in [1.29, 1.82) is 0 Å². The Morgan fingerprint density at radius 2 is 1.80 bits per heavy atom. The molecule has 0 aliphatic heterocycles. The van der Waals surface area contributed by atoms with Crippen LogP contribution in [-0.4, -0.2) is 4.20 Å². The van der Waals surface area contributed by atoms with E-state index in [1.807, 2.05) is 6.92 Å². The van der Waals surface area contributed by atoms with Crippen molar-refractivity contribution in [1.82, 2.24) is 0 Å². The molecular weight excluding hydrogens is 281 g/mol. The van der Waals surface area contributed by atoms with E-state index in [1.165, 1.54) is 9.83 Å². The monoisotopic (exact) mass is 284 g/mol. The lowest BCUT2D eigenvalue weighted by Crippen LogP contribution is -1.64. The van der Waals surface area contributed by atoms with Crippen LogP contribution in [0.1, 0.15) is 6.92 Å². The summed E-state index contributed by atoms with van der Waals surface area (Å²) in [4.78, 5) is 0. The van der Waals surface area contributed by atoms with E-state index in [4.69, 9.17) is 12.2 Å². The van der Waals surface area contributed by atoms with Crippen LogP contribution in [0.15, 0.2) is 0 Å². The van der Waals surface area contributed by atoms with Crippen molar-refractivity contribution in [3.8, 4) is 0 Å². The van der Waals surface area contributed by atoms with Gasteiger partial charge in [-0.15, -0.1) is 0 Å². The predicted octanol–water partition coefficient (Wildman–Crippen LogP) is 5.15. The maximum Gasteiger partial charge on any atom is 0.0564 e. The van der Waals surface area contributed by atoms with E-state index in [2.05, 4.69) is 11.7 Å². The number of hydrogen-bond acceptors (Lipinski definition) is 8. The van der Waals surface area contributed by atoms with Crippen molar-refractivity contribution in [2.24, 2.45) is 0 Å². The van der Waals surface area contributed by atoms with Crippen LogP contribution in [0.4, 0.5) is 0 Å². The number of hydrogen-bond donors (Lipinski definition) is 1. The number of rotatable bonds is 5. The maximum atomic E-state index is 4.87. The van der Waals surface area contributed by atoms with Gasteiger partial charge in [-0.3, -0.25) is 0 Å². The largest absolute Gasteiger partial charge is 0.0988 e. The summed E-state index contributed by atoms with van der Waals surface area (Å²) in [5.41, 5.74) is 0. The molecule has 0 atom stereocenters. The molecule has 0 saturated carbocycles. The van der Waals surface area contributed by atoms with E-state index in [1.54, 1.807) is 50.1 Å². The second-order valence-electron chi connectivity index (χ2n) is 0.922. The summed E-state index contributed by atoms with van der Waals surface area (Å²) >= 11 is 8.83. The third-order valence-corrected chi connectivity index (χ3v) is 11.8. The van der Waals surface area contributed by atoms with Gasteiger partial charge in [-0.1, -0.05) is 23.9 Å². The van der Waals surface area contributed by atoms with Crippen molar-refractivity contribution < 1.29 is 0 Å². The standard InChI is InChI=1S/C2H4S8/c1-2(3)5-7-9-10-8-6-4/h4H,1H3. The summed E-state index contributed by atoms with van der Waals surface area (Å²) in [6.07, 6.45) is 0. The molecule has 0 aliphatic carbocycles. The van der Waals surface area contributed by atoms with Crippen LogP contribution in [-0.2, 0) is 0 Å². The van der Waals surface area contributed by atoms with Crippen molar-refractivity contribution >= 4 is 88.0 Å². The zero-order chi connectivity index (χ0) is 7.82. The molecule has 0 heterocycles. The van der Waals surface area contributed by atoms with Gasteiger partial charge in [-0.2, -0.15) is 0 Å². The molecule has 0 N–H and O–H groups in total. The fourth-order valence-corrected chi connectivity index (χ4v) is 11.7. The Morgan fingerprint density at radius 1 is 1.20 bits per heavy atom. The first-order chi connectivity index (χ1) is 4.77. The van der Waals surface area contributed by atoms with Crippen LogP contribution in [0.25, 0.3) is 0 Å². The van der Waals surface area contributed by atoms with Gasteiger partial charge in [-0.05, 0) is 66.8 Å². The fourth-order valence-electron chi connectivity index (χ4n) is 0.0969. The summed E-state index contributed by atoms with van der Waals surface area (Å²) in [5, 5.41) is 0. The molecule has 0 aromatic carbocycles. The van der Waals surface area contributed by atoms with Crippen LogP contribution in [0.3, 0.4) is 0 Å². The van der Waals surface area contributed by atoms with Crippen LogP contribution in [0.5, 0.6) is 0 Å². The minimum atomic E-state index is 0.974. The summed E-state index contributed by atoms with van der Waals surface area (Å²) in [7, 11) is 9.82. The van der Waals surface area contributed by atoms with E-state index in [0.29, 0.717) is 0 Å². The number of thiol groups is 1. The van der Waals surface area contributed by atoms with Gasteiger partial charge < -0.3 is 0 Å². The zero-order valence-corrected chi connectivity index (χ0v) is 11.4. The van der Waals surface area contributed by atoms with Gasteiger partial charge in [0.15, 0.2) is 0 Å². The third-order valence-electron chi connectivity index (χ3n) is 0.265. The lowest BCUT2D eigenvalue weighted by Gasteiger charge is -1.93. The molecule has 0 bridgehead atoms. The third kappa shape index (κ3) is 10.5. The Morgan fingerprint density at radius 3 is 2.30 bits per heavy atom. The highest BCUT2D eigenvalue weighted by Gasteiger charge is 1.93. The first-order valence-corrected chi connectivity index (χ1v) is 10.9. The lowest BCUT2D eigenvalue weighted by molar-refractivity contribution is 2.12. The average molecular weight is 285 g/mol. The molecule has 0 aromatic heterocycles. The summed E-state index contributed by atoms with van der Waals surface area (Å²) in [5.74, 6) is 0. The summed E-state index contributed by atoms with van der Waals surface area (Å²) < 4.78 is 0.974. The molecule has 0 amide bonds. The van der Waals surface area contributed by atoms with Crippen LogP contribution in [0, 0.1) is 0 Å². The van der Waals surface area contributed by atoms with Gasteiger partial charge in [0.1, 0.15) is 0 Å². The van der Waals surface area contributed by atoms with Gasteiger partial charge in [0, 0.05) is 0 Å². The van der Waals surface area contributed by atoms with Crippen LogP contribution in [0.2, 0.25) is 0 Å². The zero-order valence-electron chi connectivity index (χ0n) is 4.80. The van der Waals surface area contributed by atoms with Crippen molar-refractivity contribution in [2.75, 3.05) is 0 Å². The van der Waals surface area contributed by atoms with Crippen molar-refractivity contribution in [2.45, 2.75) is 6.92 Å². The van der Waals surface area contributed by atoms with E-state index >= 15 is 0 Å². The Kier molecular flexibility index (Phi) is 12.1. The quantitative estimate of drug-likeness (QED) is 0.316. The molecule has 0 unspecified atom stereocenters. The molecule has 0 aromatic rings. The van der Waals surface area contributed by atoms with E-state index < -0.39 is 0 Å². The molecule has 0 spiro atoms. The molecular formula is C2H4S8.